The van der Waals surface area contributed by atoms with Crippen LogP contribution in [0.2, 0.25) is 0 Å². The van der Waals surface area contributed by atoms with Crippen LogP contribution in [0.4, 0.5) is 0 Å². The molecule has 1 N–H and O–H groups in total. The Morgan fingerprint density at radius 2 is 2.00 bits per heavy atom. The first-order valence-corrected chi connectivity index (χ1v) is 9.27. The van der Waals surface area contributed by atoms with E-state index in [1.54, 1.807) is 30.7 Å². The van der Waals surface area contributed by atoms with Gasteiger partial charge in [-0.15, -0.1) is 0 Å². The summed E-state index contributed by atoms with van der Waals surface area (Å²) in [5.41, 5.74) is 0.229. The van der Waals surface area contributed by atoms with Crippen molar-refractivity contribution in [3.8, 4) is 11.5 Å². The maximum atomic E-state index is 12.5. The SMILES string of the molecule is CC1CCN(C(CNC(=O)c2cc(-c3ccco3)on2)c2ccco2)CC1. The van der Waals surface area contributed by atoms with Crippen LogP contribution in [-0.4, -0.2) is 35.6 Å². The predicted molar refractivity (Wildman–Crippen MR) is 98.0 cm³/mol. The average Bonchev–Trinajstić information content (AvgIpc) is 3.44. The molecule has 4 heterocycles. The van der Waals surface area contributed by atoms with Gasteiger partial charge >= 0.3 is 0 Å². The average molecular weight is 369 g/mol. The van der Waals surface area contributed by atoms with Crippen LogP contribution in [0.15, 0.2) is 56.2 Å². The number of piperidine rings is 1. The maximum Gasteiger partial charge on any atom is 0.273 e. The fraction of sp³-hybridized carbons (Fsp3) is 0.400. The highest BCUT2D eigenvalue weighted by Gasteiger charge is 2.27. The normalized spacial score (nSPS) is 17.1. The zero-order chi connectivity index (χ0) is 18.6. The quantitative estimate of drug-likeness (QED) is 0.713. The van der Waals surface area contributed by atoms with Gasteiger partial charge in [0.25, 0.3) is 5.91 Å². The number of amides is 1. The van der Waals surface area contributed by atoms with E-state index in [0.29, 0.717) is 18.1 Å². The van der Waals surface area contributed by atoms with Crippen molar-refractivity contribution in [2.75, 3.05) is 19.6 Å². The Balaban J connectivity index is 1.42. The number of hydrogen-bond donors (Lipinski definition) is 1. The summed E-state index contributed by atoms with van der Waals surface area (Å²) in [7, 11) is 0. The van der Waals surface area contributed by atoms with Crippen molar-refractivity contribution in [1.82, 2.24) is 15.4 Å². The third-order valence-corrected chi connectivity index (χ3v) is 5.09. The van der Waals surface area contributed by atoms with Crippen LogP contribution in [0, 0.1) is 5.92 Å². The molecule has 4 rings (SSSR count). The van der Waals surface area contributed by atoms with Crippen LogP contribution in [0.5, 0.6) is 0 Å². The van der Waals surface area contributed by atoms with Crippen molar-refractivity contribution in [1.29, 1.82) is 0 Å². The van der Waals surface area contributed by atoms with E-state index in [-0.39, 0.29) is 17.6 Å². The van der Waals surface area contributed by atoms with E-state index in [2.05, 4.69) is 22.3 Å². The fourth-order valence-electron chi connectivity index (χ4n) is 3.43. The monoisotopic (exact) mass is 369 g/mol. The first-order valence-electron chi connectivity index (χ1n) is 9.27. The maximum absolute atomic E-state index is 12.5. The Morgan fingerprint density at radius 3 is 2.70 bits per heavy atom. The van der Waals surface area contributed by atoms with Gasteiger partial charge in [-0.1, -0.05) is 12.1 Å². The number of likely N-dealkylation sites (tertiary alicyclic amines) is 1. The lowest BCUT2D eigenvalue weighted by atomic mass is 9.97. The standard InChI is InChI=1S/C20H23N3O4/c1-14-6-8-23(9-7-14)16(17-4-2-10-25-17)13-21-20(24)15-12-19(27-22-15)18-5-3-11-26-18/h2-5,10-12,14,16H,6-9,13H2,1H3,(H,21,24). The zero-order valence-electron chi connectivity index (χ0n) is 15.3. The molecule has 1 unspecified atom stereocenters. The minimum atomic E-state index is -0.279. The van der Waals surface area contributed by atoms with Gasteiger partial charge in [0.1, 0.15) is 5.76 Å². The Hall–Kier alpha value is -2.80. The molecule has 0 aromatic carbocycles. The van der Waals surface area contributed by atoms with Crippen LogP contribution < -0.4 is 5.32 Å². The van der Waals surface area contributed by atoms with Crippen LogP contribution >= 0.6 is 0 Å². The van der Waals surface area contributed by atoms with E-state index < -0.39 is 0 Å². The Morgan fingerprint density at radius 1 is 1.22 bits per heavy atom. The van der Waals surface area contributed by atoms with E-state index in [9.17, 15) is 4.79 Å². The summed E-state index contributed by atoms with van der Waals surface area (Å²) in [4.78, 5) is 14.9. The molecular formula is C20H23N3O4. The highest BCUT2D eigenvalue weighted by atomic mass is 16.5. The van der Waals surface area contributed by atoms with Gasteiger partial charge in [-0.25, -0.2) is 0 Å². The number of nitrogens with one attached hydrogen (secondary N) is 1. The number of aromatic nitrogens is 1. The molecule has 0 radical (unpaired) electrons. The van der Waals surface area contributed by atoms with Crippen molar-refractivity contribution in [2.24, 2.45) is 5.92 Å². The lowest BCUT2D eigenvalue weighted by molar-refractivity contribution is 0.0887. The molecule has 3 aromatic rings. The minimum absolute atomic E-state index is 0.00731. The first kappa shape index (κ1) is 17.6. The van der Waals surface area contributed by atoms with Gasteiger partial charge in [-0.05, 0) is 56.1 Å². The van der Waals surface area contributed by atoms with Crippen molar-refractivity contribution in [3.05, 3.63) is 54.3 Å². The second-order valence-electron chi connectivity index (χ2n) is 7.01. The van der Waals surface area contributed by atoms with Crippen LogP contribution in [0.3, 0.4) is 0 Å². The van der Waals surface area contributed by atoms with Crippen LogP contribution in [-0.2, 0) is 0 Å². The molecule has 0 aliphatic carbocycles. The van der Waals surface area contributed by atoms with Crippen molar-refractivity contribution in [3.63, 3.8) is 0 Å². The highest BCUT2D eigenvalue weighted by Crippen LogP contribution is 2.27. The zero-order valence-corrected chi connectivity index (χ0v) is 15.3. The molecular weight excluding hydrogens is 346 g/mol. The molecule has 0 bridgehead atoms. The van der Waals surface area contributed by atoms with E-state index >= 15 is 0 Å². The van der Waals surface area contributed by atoms with Gasteiger partial charge in [0, 0.05) is 12.6 Å². The molecule has 3 aromatic heterocycles. The van der Waals surface area contributed by atoms with Crippen molar-refractivity contribution >= 4 is 5.91 Å². The molecule has 1 aliphatic heterocycles. The van der Waals surface area contributed by atoms with E-state index in [1.807, 2.05) is 12.1 Å². The molecule has 1 atom stereocenters. The minimum Gasteiger partial charge on any atom is -0.468 e. The molecule has 1 amide bonds. The molecule has 0 spiro atoms. The van der Waals surface area contributed by atoms with Gasteiger partial charge in [-0.2, -0.15) is 0 Å². The Kier molecular flexibility index (Phi) is 5.11. The van der Waals surface area contributed by atoms with Crippen LogP contribution in [0.1, 0.15) is 42.1 Å². The summed E-state index contributed by atoms with van der Waals surface area (Å²) in [6.45, 7) is 4.72. The predicted octanol–water partition coefficient (Wildman–Crippen LogP) is 3.73. The smallest absolute Gasteiger partial charge is 0.273 e. The third kappa shape index (κ3) is 3.98. The molecule has 27 heavy (non-hydrogen) atoms. The summed E-state index contributed by atoms with van der Waals surface area (Å²) in [6.07, 6.45) is 5.52. The molecule has 7 heteroatoms. The number of rotatable bonds is 6. The van der Waals surface area contributed by atoms with Crippen LogP contribution in [0.25, 0.3) is 11.5 Å². The van der Waals surface area contributed by atoms with E-state index in [0.717, 1.165) is 37.6 Å². The molecule has 1 aliphatic rings. The molecule has 7 nitrogen and oxygen atoms in total. The van der Waals surface area contributed by atoms with Gasteiger partial charge < -0.3 is 18.7 Å². The van der Waals surface area contributed by atoms with Gasteiger partial charge in [0.05, 0.1) is 18.6 Å². The van der Waals surface area contributed by atoms with E-state index in [4.69, 9.17) is 13.4 Å². The number of carbonyl (C=O) groups is 1. The van der Waals surface area contributed by atoms with Gasteiger partial charge in [0.2, 0.25) is 5.76 Å². The number of hydrogen-bond acceptors (Lipinski definition) is 6. The summed E-state index contributed by atoms with van der Waals surface area (Å²) in [6, 6.07) is 8.94. The lowest BCUT2D eigenvalue weighted by Gasteiger charge is -2.35. The molecule has 1 fully saturated rings. The van der Waals surface area contributed by atoms with E-state index in [1.165, 1.54) is 0 Å². The lowest BCUT2D eigenvalue weighted by Crippen LogP contribution is -2.41. The number of carbonyl (C=O) groups excluding carboxylic acids is 1. The first-order chi connectivity index (χ1) is 13.2. The number of nitrogens with zero attached hydrogens (tertiary/aromatic N) is 2. The molecule has 142 valence electrons. The largest absolute Gasteiger partial charge is 0.468 e. The van der Waals surface area contributed by atoms with Gasteiger partial charge in [-0.3, -0.25) is 9.69 Å². The van der Waals surface area contributed by atoms with Crippen molar-refractivity contribution < 1.29 is 18.2 Å². The second-order valence-corrected chi connectivity index (χ2v) is 7.01. The second kappa shape index (κ2) is 7.84. The summed E-state index contributed by atoms with van der Waals surface area (Å²) in [5.74, 6) is 2.29. The fourth-order valence-corrected chi connectivity index (χ4v) is 3.43. The summed E-state index contributed by atoms with van der Waals surface area (Å²) in [5, 5.41) is 6.81. The highest BCUT2D eigenvalue weighted by molar-refractivity contribution is 5.92. The van der Waals surface area contributed by atoms with Crippen molar-refractivity contribution in [2.45, 2.75) is 25.8 Å². The number of furan rings is 2. The molecule has 0 saturated carbocycles. The topological polar surface area (TPSA) is 84.7 Å². The Labute approximate surface area is 157 Å². The Bertz CT molecular complexity index is 846. The summed E-state index contributed by atoms with van der Waals surface area (Å²) >= 11 is 0. The summed E-state index contributed by atoms with van der Waals surface area (Å²) < 4.78 is 16.1. The third-order valence-electron chi connectivity index (χ3n) is 5.09. The van der Waals surface area contributed by atoms with Gasteiger partial charge in [0.15, 0.2) is 11.5 Å². The molecule has 1 saturated heterocycles.